The lowest BCUT2D eigenvalue weighted by atomic mass is 9.99. The monoisotopic (exact) mass is 451 g/mol. The average Bonchev–Trinajstić information content (AvgIpc) is 3.53. The van der Waals surface area contributed by atoms with E-state index < -0.39 is 17.9 Å². The molecule has 8 nitrogen and oxygen atoms in total. The van der Waals surface area contributed by atoms with Gasteiger partial charge in [0, 0.05) is 22.0 Å². The third kappa shape index (κ3) is 3.80. The van der Waals surface area contributed by atoms with Crippen LogP contribution in [0.5, 0.6) is 0 Å². The highest BCUT2D eigenvalue weighted by Crippen LogP contribution is 2.38. The number of benzene rings is 1. The minimum absolute atomic E-state index is 0.0784. The first-order valence-corrected chi connectivity index (χ1v) is 11.2. The van der Waals surface area contributed by atoms with Gasteiger partial charge in [-0.25, -0.2) is 0 Å². The first kappa shape index (κ1) is 20.5. The number of rotatable bonds is 5. The molecular formula is C23H21N3O5S. The Hall–Kier alpha value is -3.43. The van der Waals surface area contributed by atoms with Gasteiger partial charge in [0.15, 0.2) is 0 Å². The minimum atomic E-state index is -0.869. The molecule has 9 heteroatoms. The van der Waals surface area contributed by atoms with Crippen molar-refractivity contribution < 1.29 is 23.9 Å². The second kappa shape index (κ2) is 8.25. The molecule has 4 heterocycles. The van der Waals surface area contributed by atoms with E-state index in [1.165, 1.54) is 17.6 Å². The molecule has 2 aliphatic heterocycles. The number of thiophene rings is 1. The number of nitrogens with one attached hydrogen (secondary N) is 2. The molecule has 0 bridgehead atoms. The maximum Gasteiger partial charge on any atom is 0.313 e. The fraction of sp³-hybridized carbons (Fsp3) is 0.261. The fourth-order valence-electron chi connectivity index (χ4n) is 4.21. The lowest BCUT2D eigenvalue weighted by Gasteiger charge is -2.26. The molecule has 32 heavy (non-hydrogen) atoms. The Morgan fingerprint density at radius 2 is 2.03 bits per heavy atom. The van der Waals surface area contributed by atoms with E-state index in [0.717, 1.165) is 41.1 Å². The molecule has 3 amide bonds. The summed E-state index contributed by atoms with van der Waals surface area (Å²) in [6.45, 7) is 0.899. The van der Waals surface area contributed by atoms with Crippen LogP contribution in [-0.4, -0.2) is 29.4 Å². The second-order valence-electron chi connectivity index (χ2n) is 7.83. The van der Waals surface area contributed by atoms with E-state index in [-0.39, 0.29) is 12.5 Å². The number of hydrogen-bond acceptors (Lipinski definition) is 6. The predicted molar refractivity (Wildman–Crippen MR) is 118 cm³/mol. The van der Waals surface area contributed by atoms with Crippen LogP contribution < -0.4 is 15.5 Å². The van der Waals surface area contributed by atoms with Gasteiger partial charge in [-0.3, -0.25) is 14.4 Å². The Bertz CT molecular complexity index is 1200. The van der Waals surface area contributed by atoms with Gasteiger partial charge >= 0.3 is 11.8 Å². The van der Waals surface area contributed by atoms with Crippen LogP contribution in [0.4, 0.5) is 11.4 Å². The number of nitrogens with zero attached hydrogens (tertiary/aromatic N) is 1. The molecule has 5 rings (SSSR count). The van der Waals surface area contributed by atoms with Crippen LogP contribution in [0.15, 0.2) is 47.1 Å². The summed E-state index contributed by atoms with van der Waals surface area (Å²) in [6.07, 6.45) is 2.67. The Morgan fingerprint density at radius 3 is 2.84 bits per heavy atom. The van der Waals surface area contributed by atoms with Gasteiger partial charge in [-0.15, -0.1) is 11.3 Å². The smallest absolute Gasteiger partial charge is 0.313 e. The fourth-order valence-corrected chi connectivity index (χ4v) is 5.16. The van der Waals surface area contributed by atoms with Crippen molar-refractivity contribution in [1.29, 1.82) is 0 Å². The van der Waals surface area contributed by atoms with Crippen LogP contribution in [0.2, 0.25) is 0 Å². The van der Waals surface area contributed by atoms with Gasteiger partial charge in [-0.1, -0.05) is 0 Å². The number of anilines is 2. The van der Waals surface area contributed by atoms with E-state index in [0.29, 0.717) is 22.7 Å². The standard InChI is InChI=1S/C23H21N3O5S/c27-19-11-14-10-15(9-13-3-1-7-26(19)20(13)14)25-23(30)22(29)24-12-16-5-6-18(32-16)21(28)17-4-2-8-31-17/h2,4-6,8-10,21,28H,1,3,7,11-12H2,(H,24,29)(H,25,30). The van der Waals surface area contributed by atoms with E-state index in [9.17, 15) is 19.5 Å². The van der Waals surface area contributed by atoms with Gasteiger partial charge in [0.2, 0.25) is 5.91 Å². The van der Waals surface area contributed by atoms with Gasteiger partial charge in [0.1, 0.15) is 11.9 Å². The number of hydrogen-bond donors (Lipinski definition) is 3. The minimum Gasteiger partial charge on any atom is -0.466 e. The highest BCUT2D eigenvalue weighted by molar-refractivity contribution is 7.12. The molecule has 0 fully saturated rings. The van der Waals surface area contributed by atoms with Crippen LogP contribution in [0.1, 0.15) is 39.2 Å². The van der Waals surface area contributed by atoms with Crippen LogP contribution in [0.25, 0.3) is 0 Å². The zero-order valence-corrected chi connectivity index (χ0v) is 17.9. The van der Waals surface area contributed by atoms with Gasteiger partial charge < -0.3 is 25.1 Å². The molecule has 0 saturated carbocycles. The van der Waals surface area contributed by atoms with Crippen molar-refractivity contribution in [3.63, 3.8) is 0 Å². The number of aryl methyl sites for hydroxylation is 1. The summed E-state index contributed by atoms with van der Waals surface area (Å²) in [4.78, 5) is 40.2. The molecule has 3 N–H and O–H groups in total. The van der Waals surface area contributed by atoms with Crippen LogP contribution in [-0.2, 0) is 33.8 Å². The summed E-state index contributed by atoms with van der Waals surface area (Å²) in [5.74, 6) is -0.991. The molecule has 3 aromatic rings. The molecule has 0 saturated heterocycles. The number of amides is 3. The number of carbonyl (C=O) groups is 3. The first-order chi connectivity index (χ1) is 15.5. The number of aliphatic hydroxyl groups excluding tert-OH is 1. The molecule has 0 radical (unpaired) electrons. The molecule has 1 aromatic carbocycles. The first-order valence-electron chi connectivity index (χ1n) is 10.3. The van der Waals surface area contributed by atoms with E-state index in [1.54, 1.807) is 30.3 Å². The quantitative estimate of drug-likeness (QED) is 0.516. The summed E-state index contributed by atoms with van der Waals surface area (Å²) >= 11 is 1.33. The van der Waals surface area contributed by atoms with Crippen molar-refractivity contribution >= 4 is 40.4 Å². The molecule has 0 aliphatic carbocycles. The number of aliphatic hydroxyl groups is 1. The Balaban J connectivity index is 1.20. The number of carbonyl (C=O) groups excluding carboxylic acids is 3. The van der Waals surface area contributed by atoms with Crippen molar-refractivity contribution in [3.8, 4) is 0 Å². The van der Waals surface area contributed by atoms with Crippen molar-refractivity contribution in [3.05, 3.63) is 69.3 Å². The Morgan fingerprint density at radius 1 is 1.19 bits per heavy atom. The van der Waals surface area contributed by atoms with Crippen molar-refractivity contribution in [2.24, 2.45) is 0 Å². The lowest BCUT2D eigenvalue weighted by molar-refractivity contribution is -0.136. The zero-order chi connectivity index (χ0) is 22.2. The average molecular weight is 452 g/mol. The summed E-state index contributed by atoms with van der Waals surface area (Å²) in [5.41, 5.74) is 3.41. The zero-order valence-electron chi connectivity index (χ0n) is 17.1. The van der Waals surface area contributed by atoms with Crippen LogP contribution in [0.3, 0.4) is 0 Å². The SMILES string of the molecule is O=C(NCc1ccc(C(O)c2ccco2)s1)C(=O)Nc1cc2c3c(c1)CC(=O)N3CCC2. The molecule has 1 atom stereocenters. The van der Waals surface area contributed by atoms with Gasteiger partial charge in [-0.05, 0) is 60.4 Å². The molecule has 1 unspecified atom stereocenters. The van der Waals surface area contributed by atoms with Crippen molar-refractivity contribution in [1.82, 2.24) is 5.32 Å². The Kier molecular flexibility index (Phi) is 5.28. The van der Waals surface area contributed by atoms with E-state index >= 15 is 0 Å². The summed E-state index contributed by atoms with van der Waals surface area (Å²) in [6, 6.07) is 10.6. The second-order valence-corrected chi connectivity index (χ2v) is 9.03. The molecule has 0 spiro atoms. The summed E-state index contributed by atoms with van der Waals surface area (Å²) in [7, 11) is 0. The van der Waals surface area contributed by atoms with Crippen molar-refractivity contribution in [2.75, 3.05) is 16.8 Å². The maximum atomic E-state index is 12.4. The van der Waals surface area contributed by atoms with Gasteiger partial charge in [0.25, 0.3) is 0 Å². The summed E-state index contributed by atoms with van der Waals surface area (Å²) in [5, 5.41) is 15.6. The van der Waals surface area contributed by atoms with E-state index in [1.807, 2.05) is 11.0 Å². The predicted octanol–water partition coefficient (Wildman–Crippen LogP) is 2.51. The molecule has 2 aliphatic rings. The van der Waals surface area contributed by atoms with Gasteiger partial charge in [0.05, 0.1) is 24.9 Å². The van der Waals surface area contributed by atoms with E-state index in [4.69, 9.17) is 4.42 Å². The molecule has 2 aromatic heterocycles. The van der Waals surface area contributed by atoms with Crippen LogP contribution in [0, 0.1) is 0 Å². The third-order valence-electron chi connectivity index (χ3n) is 5.66. The van der Waals surface area contributed by atoms with Gasteiger partial charge in [-0.2, -0.15) is 0 Å². The molecular weight excluding hydrogens is 430 g/mol. The van der Waals surface area contributed by atoms with Crippen LogP contribution >= 0.6 is 11.3 Å². The molecule has 164 valence electrons. The summed E-state index contributed by atoms with van der Waals surface area (Å²) < 4.78 is 5.22. The highest BCUT2D eigenvalue weighted by atomic mass is 32.1. The topological polar surface area (TPSA) is 112 Å². The third-order valence-corrected chi connectivity index (χ3v) is 6.80. The Labute approximate surface area is 187 Å². The maximum absolute atomic E-state index is 12.4. The number of furan rings is 1. The van der Waals surface area contributed by atoms with E-state index in [2.05, 4.69) is 10.6 Å². The van der Waals surface area contributed by atoms with Crippen molar-refractivity contribution in [2.45, 2.75) is 31.9 Å². The normalized spacial score (nSPS) is 15.4. The lowest BCUT2D eigenvalue weighted by Crippen LogP contribution is -2.35. The largest absolute Gasteiger partial charge is 0.466 e. The highest BCUT2D eigenvalue weighted by Gasteiger charge is 2.32.